The summed E-state index contributed by atoms with van der Waals surface area (Å²) in [6, 6.07) is 0. The van der Waals surface area contributed by atoms with Crippen LogP contribution in [0.3, 0.4) is 0 Å². The van der Waals surface area contributed by atoms with Crippen molar-refractivity contribution in [1.82, 2.24) is 9.80 Å². The molecule has 0 saturated carbocycles. The molecule has 4 heteroatoms. The van der Waals surface area contributed by atoms with Crippen LogP contribution in [0.25, 0.3) is 0 Å². The summed E-state index contributed by atoms with van der Waals surface area (Å²) in [7, 11) is 0. The molecule has 1 amide bonds. The molecule has 1 aliphatic rings. The molecule has 1 N–H and O–H groups in total. The Kier molecular flexibility index (Phi) is 6.27. The van der Waals surface area contributed by atoms with Crippen LogP contribution < -0.4 is 0 Å². The van der Waals surface area contributed by atoms with Gasteiger partial charge < -0.3 is 10.0 Å². The summed E-state index contributed by atoms with van der Waals surface area (Å²) < 4.78 is 0. The van der Waals surface area contributed by atoms with Gasteiger partial charge in [0, 0.05) is 32.6 Å². The largest absolute Gasteiger partial charge is 0.395 e. The molecule has 0 radical (unpaired) electrons. The van der Waals surface area contributed by atoms with Gasteiger partial charge >= 0.3 is 0 Å². The van der Waals surface area contributed by atoms with Crippen molar-refractivity contribution < 1.29 is 9.90 Å². The van der Waals surface area contributed by atoms with Crippen LogP contribution in [-0.4, -0.2) is 60.1 Å². The number of rotatable bonds is 4. The maximum atomic E-state index is 12.3. The molecule has 1 fully saturated rings. The van der Waals surface area contributed by atoms with Gasteiger partial charge in [0.25, 0.3) is 0 Å². The number of nitrogens with zero attached hydrogens (tertiary/aromatic N) is 2. The van der Waals surface area contributed by atoms with Crippen molar-refractivity contribution in [3.8, 4) is 0 Å². The number of aliphatic hydroxyl groups is 1. The Morgan fingerprint density at radius 1 is 1.21 bits per heavy atom. The van der Waals surface area contributed by atoms with E-state index < -0.39 is 0 Å². The van der Waals surface area contributed by atoms with Crippen molar-refractivity contribution in [3.63, 3.8) is 0 Å². The van der Waals surface area contributed by atoms with Gasteiger partial charge in [-0.05, 0) is 24.3 Å². The predicted molar refractivity (Wildman–Crippen MR) is 78.0 cm³/mol. The molecule has 112 valence electrons. The fourth-order valence-electron chi connectivity index (χ4n) is 2.28. The first kappa shape index (κ1) is 16.4. The Morgan fingerprint density at radius 2 is 1.89 bits per heavy atom. The molecule has 0 bridgehead atoms. The smallest absolute Gasteiger partial charge is 0.222 e. The van der Waals surface area contributed by atoms with Crippen molar-refractivity contribution in [2.24, 2.45) is 11.3 Å². The zero-order valence-corrected chi connectivity index (χ0v) is 13.0. The Balaban J connectivity index is 2.45. The lowest BCUT2D eigenvalue weighted by Crippen LogP contribution is -2.37. The topological polar surface area (TPSA) is 43.8 Å². The zero-order chi connectivity index (χ0) is 14.5. The van der Waals surface area contributed by atoms with Crippen LogP contribution in [0, 0.1) is 11.3 Å². The summed E-state index contributed by atoms with van der Waals surface area (Å²) in [6.07, 6.45) is 1.65. The second kappa shape index (κ2) is 7.25. The van der Waals surface area contributed by atoms with E-state index in [0.717, 1.165) is 39.1 Å². The Morgan fingerprint density at radius 3 is 2.47 bits per heavy atom. The van der Waals surface area contributed by atoms with E-state index in [1.54, 1.807) is 0 Å². The van der Waals surface area contributed by atoms with E-state index in [0.29, 0.717) is 12.3 Å². The zero-order valence-electron chi connectivity index (χ0n) is 13.0. The van der Waals surface area contributed by atoms with E-state index in [2.05, 4.69) is 32.6 Å². The molecule has 1 atom stereocenters. The fraction of sp³-hybridized carbons (Fsp3) is 0.933. The minimum atomic E-state index is 0.185. The minimum Gasteiger partial charge on any atom is -0.395 e. The van der Waals surface area contributed by atoms with Crippen LogP contribution in [0.4, 0.5) is 0 Å². The first-order valence-corrected chi connectivity index (χ1v) is 7.45. The van der Waals surface area contributed by atoms with Crippen molar-refractivity contribution in [2.45, 2.75) is 40.5 Å². The standard InChI is InChI=1S/C15H30N2O2/c1-13(15(2,3)4)12-14(19)17-7-5-6-16(8-9-17)10-11-18/h13,18H,5-12H2,1-4H3. The normalized spacial score (nSPS) is 20.2. The summed E-state index contributed by atoms with van der Waals surface area (Å²) in [5, 5.41) is 8.97. The number of amides is 1. The highest BCUT2D eigenvalue weighted by Crippen LogP contribution is 2.28. The van der Waals surface area contributed by atoms with Crippen LogP contribution in [0.2, 0.25) is 0 Å². The molecule has 0 aromatic carbocycles. The molecule has 1 heterocycles. The maximum absolute atomic E-state index is 12.3. The van der Waals surface area contributed by atoms with Gasteiger partial charge in [-0.2, -0.15) is 0 Å². The van der Waals surface area contributed by atoms with Crippen LogP contribution >= 0.6 is 0 Å². The van der Waals surface area contributed by atoms with Crippen molar-refractivity contribution in [1.29, 1.82) is 0 Å². The first-order valence-electron chi connectivity index (χ1n) is 7.45. The van der Waals surface area contributed by atoms with Gasteiger partial charge in [0.2, 0.25) is 5.91 Å². The Hall–Kier alpha value is -0.610. The van der Waals surface area contributed by atoms with Gasteiger partial charge in [0.15, 0.2) is 0 Å². The molecule has 1 saturated heterocycles. The lowest BCUT2D eigenvalue weighted by atomic mass is 9.80. The molecular weight excluding hydrogens is 240 g/mol. The van der Waals surface area contributed by atoms with Crippen LogP contribution in [0.5, 0.6) is 0 Å². The maximum Gasteiger partial charge on any atom is 0.222 e. The molecule has 0 aromatic rings. The van der Waals surface area contributed by atoms with Gasteiger partial charge in [0.1, 0.15) is 0 Å². The predicted octanol–water partition coefficient (Wildman–Crippen LogP) is 1.59. The molecular formula is C15H30N2O2. The van der Waals surface area contributed by atoms with Crippen molar-refractivity contribution in [3.05, 3.63) is 0 Å². The summed E-state index contributed by atoms with van der Waals surface area (Å²) in [5.74, 6) is 0.685. The highest BCUT2D eigenvalue weighted by molar-refractivity contribution is 5.76. The summed E-state index contributed by atoms with van der Waals surface area (Å²) in [4.78, 5) is 16.6. The second-order valence-corrected chi connectivity index (χ2v) is 6.77. The van der Waals surface area contributed by atoms with Gasteiger partial charge in [0.05, 0.1) is 6.61 Å². The quantitative estimate of drug-likeness (QED) is 0.843. The summed E-state index contributed by atoms with van der Waals surface area (Å²) >= 11 is 0. The molecule has 0 aromatic heterocycles. The second-order valence-electron chi connectivity index (χ2n) is 6.77. The number of hydrogen-bond donors (Lipinski definition) is 1. The molecule has 4 nitrogen and oxygen atoms in total. The SMILES string of the molecule is CC(CC(=O)N1CCCN(CCO)CC1)C(C)(C)C. The van der Waals surface area contributed by atoms with E-state index in [1.165, 1.54) is 0 Å². The summed E-state index contributed by atoms with van der Waals surface area (Å²) in [6.45, 7) is 13.2. The highest BCUT2D eigenvalue weighted by Gasteiger charge is 2.26. The molecule has 19 heavy (non-hydrogen) atoms. The number of carbonyl (C=O) groups excluding carboxylic acids is 1. The third kappa shape index (κ3) is 5.49. The van der Waals surface area contributed by atoms with Crippen molar-refractivity contribution in [2.75, 3.05) is 39.3 Å². The van der Waals surface area contributed by atoms with Gasteiger partial charge in [-0.25, -0.2) is 0 Å². The number of β-amino-alcohol motifs (C(OH)–C–C–N with tert-alkyl or cyclic N) is 1. The number of aliphatic hydroxyl groups excluding tert-OH is 1. The van der Waals surface area contributed by atoms with E-state index in [4.69, 9.17) is 5.11 Å². The highest BCUT2D eigenvalue weighted by atomic mass is 16.3. The Labute approximate surface area is 117 Å². The van der Waals surface area contributed by atoms with E-state index >= 15 is 0 Å². The van der Waals surface area contributed by atoms with Crippen LogP contribution in [0.15, 0.2) is 0 Å². The lowest BCUT2D eigenvalue weighted by molar-refractivity contribution is -0.132. The van der Waals surface area contributed by atoms with Crippen LogP contribution in [0.1, 0.15) is 40.5 Å². The minimum absolute atomic E-state index is 0.185. The number of carbonyl (C=O) groups is 1. The summed E-state index contributed by atoms with van der Waals surface area (Å²) in [5.41, 5.74) is 0.185. The van der Waals surface area contributed by atoms with Gasteiger partial charge in [-0.3, -0.25) is 9.69 Å². The third-order valence-electron chi connectivity index (χ3n) is 4.32. The van der Waals surface area contributed by atoms with Crippen molar-refractivity contribution >= 4 is 5.91 Å². The molecule has 0 spiro atoms. The average molecular weight is 270 g/mol. The molecule has 0 aliphatic carbocycles. The van der Waals surface area contributed by atoms with E-state index in [-0.39, 0.29) is 17.9 Å². The fourth-order valence-corrected chi connectivity index (χ4v) is 2.28. The third-order valence-corrected chi connectivity index (χ3v) is 4.32. The molecule has 1 rings (SSSR count). The Bertz CT molecular complexity index is 286. The first-order chi connectivity index (χ1) is 8.84. The number of hydrogen-bond acceptors (Lipinski definition) is 3. The molecule has 1 unspecified atom stereocenters. The van der Waals surface area contributed by atoms with Crippen LogP contribution in [-0.2, 0) is 4.79 Å². The van der Waals surface area contributed by atoms with Gasteiger partial charge in [-0.1, -0.05) is 27.7 Å². The van der Waals surface area contributed by atoms with E-state index in [1.807, 2.05) is 4.90 Å². The monoisotopic (exact) mass is 270 g/mol. The molecule has 1 aliphatic heterocycles. The average Bonchev–Trinajstić information content (AvgIpc) is 2.54. The van der Waals surface area contributed by atoms with E-state index in [9.17, 15) is 4.79 Å². The van der Waals surface area contributed by atoms with Gasteiger partial charge in [-0.15, -0.1) is 0 Å². The lowest BCUT2D eigenvalue weighted by Gasteiger charge is -2.29.